The van der Waals surface area contributed by atoms with Crippen molar-refractivity contribution < 1.29 is 0 Å². The van der Waals surface area contributed by atoms with Crippen molar-refractivity contribution in [1.82, 2.24) is 0 Å². The lowest BCUT2D eigenvalue weighted by Gasteiger charge is -2.17. The molecule has 6 heteroatoms. The molecule has 1 aliphatic heterocycles. The number of anilines is 1. The van der Waals surface area contributed by atoms with Crippen LogP contribution in [0.5, 0.6) is 0 Å². The monoisotopic (exact) mass is 485 g/mol. The first-order chi connectivity index (χ1) is 17.9. The number of nitrogens with zero attached hydrogens (tertiary/aromatic N) is 5. The van der Waals surface area contributed by atoms with Gasteiger partial charge in [0.25, 0.3) is 0 Å². The van der Waals surface area contributed by atoms with Crippen LogP contribution in [0.2, 0.25) is 0 Å². The Kier molecular flexibility index (Phi) is 7.56. The number of benzene rings is 4. The van der Waals surface area contributed by atoms with Crippen LogP contribution in [0.15, 0.2) is 148 Å². The van der Waals surface area contributed by atoms with E-state index >= 15 is 0 Å². The summed E-state index contributed by atoms with van der Waals surface area (Å²) in [5.41, 5.74) is 3.73. The quantitative estimate of drug-likeness (QED) is 0.207. The van der Waals surface area contributed by atoms with Gasteiger partial charge in [-0.05, 0) is 59.8 Å². The van der Waals surface area contributed by atoms with E-state index < -0.39 is 0 Å². The van der Waals surface area contributed by atoms with Gasteiger partial charge in [0.1, 0.15) is 5.04 Å². The molecule has 0 saturated carbocycles. The normalized spacial score (nSPS) is 17.2. The van der Waals surface area contributed by atoms with E-state index in [1.54, 1.807) is 6.21 Å². The maximum absolute atomic E-state index is 4.97. The highest BCUT2D eigenvalue weighted by Crippen LogP contribution is 2.32. The summed E-state index contributed by atoms with van der Waals surface area (Å²) in [6.45, 7) is 0. The summed E-state index contributed by atoms with van der Waals surface area (Å²) in [6, 6.07) is 39.9. The van der Waals surface area contributed by atoms with Gasteiger partial charge in [0.05, 0.1) is 11.4 Å². The third kappa shape index (κ3) is 5.92. The van der Waals surface area contributed by atoms with Crippen molar-refractivity contribution in [2.24, 2.45) is 20.2 Å². The highest BCUT2D eigenvalue weighted by Gasteiger charge is 2.34. The molecule has 174 valence electrons. The maximum atomic E-state index is 4.97. The zero-order valence-electron chi connectivity index (χ0n) is 19.4. The SMILES string of the molecule is C(=Cc1ccccc1)C=NN=C1SC(=Nc2ccccc2)C(=Nc2ccccc2)N1c1ccccc1. The first-order valence-corrected chi connectivity index (χ1v) is 12.3. The number of para-hydroxylation sites is 3. The predicted octanol–water partition coefficient (Wildman–Crippen LogP) is 7.76. The Morgan fingerprint density at radius 1 is 0.611 bits per heavy atom. The summed E-state index contributed by atoms with van der Waals surface area (Å²) in [5, 5.41) is 10.3. The Hall–Kier alpha value is -4.55. The lowest BCUT2D eigenvalue weighted by Crippen LogP contribution is -2.30. The van der Waals surface area contributed by atoms with Gasteiger partial charge in [0.2, 0.25) is 5.17 Å². The summed E-state index contributed by atoms with van der Waals surface area (Å²) < 4.78 is 0. The van der Waals surface area contributed by atoms with E-state index in [-0.39, 0.29) is 0 Å². The van der Waals surface area contributed by atoms with E-state index in [1.807, 2.05) is 138 Å². The maximum Gasteiger partial charge on any atom is 0.202 e. The molecule has 4 aromatic carbocycles. The second-order valence-corrected chi connectivity index (χ2v) is 8.67. The number of allylic oxidation sites excluding steroid dienone is 1. The van der Waals surface area contributed by atoms with Crippen LogP contribution in [-0.2, 0) is 0 Å². The minimum absolute atomic E-state index is 0.676. The van der Waals surface area contributed by atoms with Crippen molar-refractivity contribution in [3.63, 3.8) is 0 Å². The Labute approximate surface area is 215 Å². The standard InChI is InChI=1S/C30H23N5S/c1-5-14-24(15-6-1)16-13-23-31-34-30-35(27-21-11-4-12-22-27)28(32-25-17-7-2-8-18-25)29(36-30)33-26-19-9-3-10-20-26/h1-23H. The fraction of sp³-hybridized carbons (Fsp3) is 0. The van der Waals surface area contributed by atoms with Crippen LogP contribution in [0.4, 0.5) is 17.1 Å². The van der Waals surface area contributed by atoms with Crippen molar-refractivity contribution in [3.05, 3.63) is 133 Å². The van der Waals surface area contributed by atoms with Crippen LogP contribution in [-0.4, -0.2) is 22.3 Å². The fourth-order valence-corrected chi connectivity index (χ4v) is 4.42. The number of thioether (sulfide) groups is 1. The van der Waals surface area contributed by atoms with Crippen molar-refractivity contribution in [2.75, 3.05) is 4.90 Å². The van der Waals surface area contributed by atoms with Gasteiger partial charge >= 0.3 is 0 Å². The summed E-state index contributed by atoms with van der Waals surface area (Å²) in [6.07, 6.45) is 5.55. The van der Waals surface area contributed by atoms with E-state index in [2.05, 4.69) is 10.2 Å². The van der Waals surface area contributed by atoms with Gasteiger partial charge in [-0.3, -0.25) is 4.90 Å². The van der Waals surface area contributed by atoms with Gasteiger partial charge in [-0.15, -0.1) is 5.10 Å². The number of rotatable bonds is 6. The van der Waals surface area contributed by atoms with Gasteiger partial charge < -0.3 is 0 Å². The smallest absolute Gasteiger partial charge is 0.202 e. The second kappa shape index (κ2) is 11.7. The molecule has 0 aliphatic carbocycles. The lowest BCUT2D eigenvalue weighted by molar-refractivity contribution is 1.24. The summed E-state index contributed by atoms with van der Waals surface area (Å²) >= 11 is 1.45. The van der Waals surface area contributed by atoms with Crippen LogP contribution in [0.3, 0.4) is 0 Å². The molecule has 0 aromatic heterocycles. The van der Waals surface area contributed by atoms with Crippen molar-refractivity contribution in [2.45, 2.75) is 0 Å². The third-order valence-corrected chi connectivity index (χ3v) is 6.07. The third-order valence-electron chi connectivity index (χ3n) is 5.16. The van der Waals surface area contributed by atoms with E-state index in [1.165, 1.54) is 11.8 Å². The van der Waals surface area contributed by atoms with Crippen molar-refractivity contribution in [1.29, 1.82) is 0 Å². The minimum Gasteiger partial charge on any atom is -0.269 e. The molecule has 1 aliphatic rings. The zero-order valence-corrected chi connectivity index (χ0v) is 20.2. The number of aliphatic imine (C=N–C) groups is 2. The van der Waals surface area contributed by atoms with Gasteiger partial charge in [-0.2, -0.15) is 5.10 Å². The van der Waals surface area contributed by atoms with E-state index in [0.717, 1.165) is 27.7 Å². The van der Waals surface area contributed by atoms with E-state index in [9.17, 15) is 0 Å². The fourth-order valence-electron chi connectivity index (χ4n) is 3.49. The van der Waals surface area contributed by atoms with Crippen molar-refractivity contribution in [3.8, 4) is 0 Å². The molecular formula is C30H23N5S. The zero-order chi connectivity index (χ0) is 24.4. The predicted molar refractivity (Wildman–Crippen MR) is 155 cm³/mol. The summed E-state index contributed by atoms with van der Waals surface area (Å²) in [5.74, 6) is 0.704. The largest absolute Gasteiger partial charge is 0.269 e. The summed E-state index contributed by atoms with van der Waals surface area (Å²) in [7, 11) is 0. The molecule has 5 rings (SSSR count). The van der Waals surface area contributed by atoms with Gasteiger partial charge in [0, 0.05) is 11.9 Å². The second-order valence-electron chi connectivity index (χ2n) is 7.71. The number of hydrogen-bond acceptors (Lipinski definition) is 5. The van der Waals surface area contributed by atoms with Gasteiger partial charge in [-0.1, -0.05) is 91.0 Å². The average Bonchev–Trinajstić information content (AvgIpc) is 3.27. The molecule has 0 radical (unpaired) electrons. The first-order valence-electron chi connectivity index (χ1n) is 11.5. The molecule has 36 heavy (non-hydrogen) atoms. The molecule has 1 fully saturated rings. The van der Waals surface area contributed by atoms with E-state index in [4.69, 9.17) is 9.98 Å². The Bertz CT molecular complexity index is 1430. The molecule has 0 atom stereocenters. The van der Waals surface area contributed by atoms with Gasteiger partial charge in [0.15, 0.2) is 5.84 Å². The molecule has 0 bridgehead atoms. The Morgan fingerprint density at radius 2 is 1.17 bits per heavy atom. The van der Waals surface area contributed by atoms with Crippen LogP contribution in [0.25, 0.3) is 6.08 Å². The summed E-state index contributed by atoms with van der Waals surface area (Å²) in [4.78, 5) is 11.9. The van der Waals surface area contributed by atoms with Gasteiger partial charge in [-0.25, -0.2) is 9.98 Å². The van der Waals surface area contributed by atoms with E-state index in [0.29, 0.717) is 11.0 Å². The molecule has 5 nitrogen and oxygen atoms in total. The molecule has 0 unspecified atom stereocenters. The highest BCUT2D eigenvalue weighted by atomic mass is 32.2. The average molecular weight is 486 g/mol. The molecule has 4 aromatic rings. The number of hydrogen-bond donors (Lipinski definition) is 0. The first kappa shape index (κ1) is 23.2. The topological polar surface area (TPSA) is 52.7 Å². The molecule has 1 heterocycles. The molecule has 0 spiro atoms. The molecular weight excluding hydrogens is 462 g/mol. The Balaban J connectivity index is 1.55. The molecule has 1 saturated heterocycles. The van der Waals surface area contributed by atoms with Crippen LogP contribution in [0, 0.1) is 0 Å². The molecule has 0 amide bonds. The highest BCUT2D eigenvalue weighted by molar-refractivity contribution is 8.29. The van der Waals surface area contributed by atoms with Crippen LogP contribution < -0.4 is 4.90 Å². The Morgan fingerprint density at radius 3 is 1.81 bits per heavy atom. The molecule has 0 N–H and O–H groups in total. The minimum atomic E-state index is 0.676. The lowest BCUT2D eigenvalue weighted by atomic mass is 10.2. The van der Waals surface area contributed by atoms with Crippen LogP contribution >= 0.6 is 11.8 Å². The van der Waals surface area contributed by atoms with Crippen LogP contribution in [0.1, 0.15) is 5.56 Å². The number of amidine groups is 2. The van der Waals surface area contributed by atoms with Crippen molar-refractivity contribution >= 4 is 57.2 Å².